The van der Waals surface area contributed by atoms with Crippen molar-refractivity contribution in [2.24, 2.45) is 0 Å². The van der Waals surface area contributed by atoms with E-state index in [4.69, 9.17) is 16.3 Å². The average molecular weight is 508 g/mol. The molecule has 1 saturated heterocycles. The Morgan fingerprint density at radius 2 is 1.72 bits per heavy atom. The van der Waals surface area contributed by atoms with Crippen LogP contribution in [0.15, 0.2) is 72.3 Å². The Morgan fingerprint density at radius 1 is 1.06 bits per heavy atom. The van der Waals surface area contributed by atoms with E-state index >= 15 is 0 Å². The van der Waals surface area contributed by atoms with Crippen LogP contribution in [0.5, 0.6) is 5.75 Å². The number of ketones is 1. The summed E-state index contributed by atoms with van der Waals surface area (Å²) in [6.07, 6.45) is 0.400. The second-order valence-electron chi connectivity index (χ2n) is 9.07. The van der Waals surface area contributed by atoms with Crippen molar-refractivity contribution in [2.45, 2.75) is 39.3 Å². The van der Waals surface area contributed by atoms with Crippen molar-refractivity contribution >= 4 is 29.1 Å². The number of rotatable bonds is 7. The van der Waals surface area contributed by atoms with E-state index in [9.17, 15) is 19.1 Å². The average Bonchev–Trinajstić information content (AvgIpc) is 3.09. The minimum absolute atomic E-state index is 0.0124. The van der Waals surface area contributed by atoms with Gasteiger partial charge in [0.15, 0.2) is 0 Å². The molecule has 1 aliphatic rings. The Hall–Kier alpha value is -3.64. The fourth-order valence-electron chi connectivity index (χ4n) is 4.34. The van der Waals surface area contributed by atoms with Crippen LogP contribution in [-0.2, 0) is 16.0 Å². The van der Waals surface area contributed by atoms with Gasteiger partial charge in [-0.1, -0.05) is 35.9 Å². The molecule has 0 bridgehead atoms. The Morgan fingerprint density at radius 3 is 2.33 bits per heavy atom. The van der Waals surface area contributed by atoms with Crippen molar-refractivity contribution < 1.29 is 23.8 Å². The molecule has 3 aromatic carbocycles. The molecule has 1 fully saturated rings. The number of nitrogens with zero attached hydrogens (tertiary/aromatic N) is 1. The molecule has 3 aromatic rings. The molecule has 5 nitrogen and oxygen atoms in total. The normalized spacial score (nSPS) is 17.2. The summed E-state index contributed by atoms with van der Waals surface area (Å²) in [5.41, 5.74) is 2.69. The standard InChI is InChI=1S/C29H27ClFNO4/c1-17(2)36-24-13-8-21(16-18(24)3)27(33)25-26(20-6-9-22(30)10-7-20)32(29(35)28(25)34)15-14-19-4-11-23(31)12-5-19/h4-13,16-17,26,33H,14-15H2,1-3H3/b27-25-. The third-order valence-electron chi connectivity index (χ3n) is 6.09. The third-order valence-corrected chi connectivity index (χ3v) is 6.34. The molecule has 1 atom stereocenters. The van der Waals surface area contributed by atoms with Crippen LogP contribution in [0.1, 0.15) is 42.1 Å². The van der Waals surface area contributed by atoms with Crippen LogP contribution >= 0.6 is 11.6 Å². The zero-order chi connectivity index (χ0) is 26.0. The summed E-state index contributed by atoms with van der Waals surface area (Å²) in [4.78, 5) is 27.8. The third kappa shape index (κ3) is 5.29. The molecule has 1 aliphatic heterocycles. The number of benzene rings is 3. The van der Waals surface area contributed by atoms with Crippen molar-refractivity contribution in [3.63, 3.8) is 0 Å². The molecule has 0 spiro atoms. The number of carbonyl (C=O) groups excluding carboxylic acids is 2. The molecule has 1 amide bonds. The molecule has 1 N–H and O–H groups in total. The predicted molar refractivity (Wildman–Crippen MR) is 138 cm³/mol. The monoisotopic (exact) mass is 507 g/mol. The minimum atomic E-state index is -0.797. The lowest BCUT2D eigenvalue weighted by molar-refractivity contribution is -0.139. The van der Waals surface area contributed by atoms with Crippen LogP contribution in [-0.4, -0.2) is 34.3 Å². The second kappa shape index (κ2) is 10.5. The van der Waals surface area contributed by atoms with Gasteiger partial charge in [-0.15, -0.1) is 0 Å². The number of hydrogen-bond acceptors (Lipinski definition) is 4. The summed E-state index contributed by atoms with van der Waals surface area (Å²) in [5.74, 6) is -1.38. The molecule has 0 aliphatic carbocycles. The Balaban J connectivity index is 1.75. The zero-order valence-corrected chi connectivity index (χ0v) is 21.1. The van der Waals surface area contributed by atoms with Gasteiger partial charge in [0.1, 0.15) is 17.3 Å². The van der Waals surface area contributed by atoms with E-state index in [1.807, 2.05) is 20.8 Å². The van der Waals surface area contributed by atoms with Crippen molar-refractivity contribution in [1.29, 1.82) is 0 Å². The minimum Gasteiger partial charge on any atom is -0.507 e. The molecule has 0 saturated carbocycles. The molecule has 1 unspecified atom stereocenters. The number of amides is 1. The number of carbonyl (C=O) groups is 2. The highest BCUT2D eigenvalue weighted by Gasteiger charge is 2.45. The number of aliphatic hydroxyl groups is 1. The molecule has 7 heteroatoms. The first kappa shape index (κ1) is 25.5. The lowest BCUT2D eigenvalue weighted by Crippen LogP contribution is -2.31. The van der Waals surface area contributed by atoms with Gasteiger partial charge in [-0.3, -0.25) is 9.59 Å². The molecule has 1 heterocycles. The van der Waals surface area contributed by atoms with Gasteiger partial charge in [-0.2, -0.15) is 0 Å². The summed E-state index contributed by atoms with van der Waals surface area (Å²) < 4.78 is 19.1. The van der Waals surface area contributed by atoms with Gasteiger partial charge in [0.05, 0.1) is 17.7 Å². The van der Waals surface area contributed by atoms with Crippen LogP contribution in [0.2, 0.25) is 5.02 Å². The lowest BCUT2D eigenvalue weighted by atomic mass is 9.94. The molecule has 4 rings (SSSR count). The summed E-state index contributed by atoms with van der Waals surface area (Å²) >= 11 is 6.08. The molecule has 0 radical (unpaired) electrons. The van der Waals surface area contributed by atoms with Crippen LogP contribution in [0, 0.1) is 12.7 Å². The number of Topliss-reactive ketones (excluding diaryl/α,β-unsaturated/α-hetero) is 1. The number of likely N-dealkylation sites (tertiary alicyclic amines) is 1. The molecule has 0 aromatic heterocycles. The van der Waals surface area contributed by atoms with E-state index in [0.29, 0.717) is 28.3 Å². The summed E-state index contributed by atoms with van der Waals surface area (Å²) in [6, 6.07) is 17.2. The molecule has 36 heavy (non-hydrogen) atoms. The van der Waals surface area contributed by atoms with Gasteiger partial charge in [0.2, 0.25) is 0 Å². The Kier molecular flexibility index (Phi) is 7.45. The van der Waals surface area contributed by atoms with E-state index in [0.717, 1.165) is 11.1 Å². The number of halogens is 2. The van der Waals surface area contributed by atoms with Gasteiger partial charge in [-0.05, 0) is 86.3 Å². The first-order chi connectivity index (χ1) is 17.2. The predicted octanol–water partition coefficient (Wildman–Crippen LogP) is 6.24. The molecular weight excluding hydrogens is 481 g/mol. The quantitative estimate of drug-likeness (QED) is 0.233. The second-order valence-corrected chi connectivity index (χ2v) is 9.50. The maximum Gasteiger partial charge on any atom is 0.295 e. The largest absolute Gasteiger partial charge is 0.507 e. The highest BCUT2D eigenvalue weighted by atomic mass is 35.5. The number of aryl methyl sites for hydroxylation is 1. The topological polar surface area (TPSA) is 66.8 Å². The number of ether oxygens (including phenoxy) is 1. The molecule has 186 valence electrons. The van der Waals surface area contributed by atoms with Crippen molar-refractivity contribution in [2.75, 3.05) is 6.54 Å². The van der Waals surface area contributed by atoms with Crippen molar-refractivity contribution in [1.82, 2.24) is 4.90 Å². The first-order valence-electron chi connectivity index (χ1n) is 11.7. The highest BCUT2D eigenvalue weighted by Crippen LogP contribution is 2.40. The number of aliphatic hydroxyl groups excluding tert-OH is 1. The smallest absolute Gasteiger partial charge is 0.295 e. The van der Waals surface area contributed by atoms with Crippen LogP contribution < -0.4 is 4.74 Å². The summed E-state index contributed by atoms with van der Waals surface area (Å²) in [6.45, 7) is 5.91. The SMILES string of the molecule is Cc1cc(/C(O)=C2/C(=O)C(=O)N(CCc3ccc(F)cc3)C2c2ccc(Cl)cc2)ccc1OC(C)C. The lowest BCUT2D eigenvalue weighted by Gasteiger charge is -2.25. The van der Waals surface area contributed by atoms with Crippen LogP contribution in [0.3, 0.4) is 0 Å². The van der Waals surface area contributed by atoms with Crippen molar-refractivity contribution in [3.8, 4) is 5.75 Å². The Bertz CT molecular complexity index is 1320. The van der Waals surface area contributed by atoms with Gasteiger partial charge >= 0.3 is 0 Å². The Labute approximate surface area is 214 Å². The number of hydrogen-bond donors (Lipinski definition) is 1. The van der Waals surface area contributed by atoms with E-state index in [1.54, 1.807) is 54.6 Å². The summed E-state index contributed by atoms with van der Waals surface area (Å²) in [7, 11) is 0. The van der Waals surface area contributed by atoms with Gasteiger partial charge in [0.25, 0.3) is 11.7 Å². The summed E-state index contributed by atoms with van der Waals surface area (Å²) in [5, 5.41) is 11.8. The van der Waals surface area contributed by atoms with Gasteiger partial charge in [-0.25, -0.2) is 4.39 Å². The van der Waals surface area contributed by atoms with Crippen LogP contribution in [0.4, 0.5) is 4.39 Å². The van der Waals surface area contributed by atoms with Gasteiger partial charge < -0.3 is 14.7 Å². The van der Waals surface area contributed by atoms with E-state index < -0.39 is 17.7 Å². The maximum absolute atomic E-state index is 13.3. The van der Waals surface area contributed by atoms with Crippen molar-refractivity contribution in [3.05, 3.63) is 105 Å². The van der Waals surface area contributed by atoms with Gasteiger partial charge in [0, 0.05) is 17.1 Å². The zero-order valence-electron chi connectivity index (χ0n) is 20.3. The molecular formula is C29H27ClFNO4. The van der Waals surface area contributed by atoms with Crippen LogP contribution in [0.25, 0.3) is 5.76 Å². The first-order valence-corrected chi connectivity index (χ1v) is 12.1. The fourth-order valence-corrected chi connectivity index (χ4v) is 4.47. The van der Waals surface area contributed by atoms with E-state index in [-0.39, 0.29) is 29.8 Å². The highest BCUT2D eigenvalue weighted by molar-refractivity contribution is 6.46. The van der Waals surface area contributed by atoms with E-state index in [1.165, 1.54) is 17.0 Å². The fraction of sp³-hybridized carbons (Fsp3) is 0.241. The van der Waals surface area contributed by atoms with E-state index in [2.05, 4.69) is 0 Å². The maximum atomic E-state index is 13.3.